The first kappa shape index (κ1) is 17.5. The molecule has 0 aliphatic carbocycles. The summed E-state index contributed by atoms with van der Waals surface area (Å²) < 4.78 is 21.9. The second-order valence-corrected chi connectivity index (χ2v) is 6.81. The zero-order chi connectivity index (χ0) is 18.3. The number of ether oxygens (including phenoxy) is 4. The Morgan fingerprint density at radius 1 is 1.08 bits per heavy atom. The Bertz CT molecular complexity index is 818. The largest absolute Gasteiger partial charge is 0.457 e. The van der Waals surface area contributed by atoms with Gasteiger partial charge in [-0.2, -0.15) is 0 Å². The van der Waals surface area contributed by atoms with Crippen LogP contribution in [0.3, 0.4) is 0 Å². The van der Waals surface area contributed by atoms with Crippen molar-refractivity contribution < 1.29 is 28.5 Å². The highest BCUT2D eigenvalue weighted by Crippen LogP contribution is 2.42. The van der Waals surface area contributed by atoms with E-state index in [0.717, 1.165) is 11.8 Å². The highest BCUT2D eigenvalue weighted by Gasteiger charge is 2.52. The number of carbonyl (C=O) groups is 2. The molecule has 1 aromatic rings. The Balaban J connectivity index is 1.99. The number of rotatable bonds is 2. The summed E-state index contributed by atoms with van der Waals surface area (Å²) in [6.07, 6.45) is -3.28. The highest BCUT2D eigenvalue weighted by molar-refractivity contribution is 8.00. The van der Waals surface area contributed by atoms with Gasteiger partial charge < -0.3 is 18.9 Å². The minimum atomic E-state index is -0.902. The van der Waals surface area contributed by atoms with Crippen molar-refractivity contribution in [2.45, 2.75) is 55.5 Å². The Hall–Kier alpha value is -2.27. The Kier molecular flexibility index (Phi) is 4.60. The summed E-state index contributed by atoms with van der Waals surface area (Å²) in [7, 11) is 0. The van der Waals surface area contributed by atoms with Gasteiger partial charge in [-0.15, -0.1) is 11.8 Å². The molecule has 0 unspecified atom stereocenters. The van der Waals surface area contributed by atoms with E-state index < -0.39 is 53.0 Å². The molecule has 0 saturated carbocycles. The van der Waals surface area contributed by atoms with Crippen LogP contribution in [0.25, 0.3) is 0 Å². The maximum Gasteiger partial charge on any atom is 0.328 e. The number of esters is 2. The zero-order valence-corrected chi connectivity index (χ0v) is 14.4. The average Bonchev–Trinajstić information content (AvgIpc) is 2.48. The average molecular weight is 372 g/mol. The molecule has 1 fully saturated rings. The molecular weight excluding hydrogens is 356 g/mol. The molecule has 1 saturated heterocycles. The normalized spacial score (nSPS) is 30.4. The van der Waals surface area contributed by atoms with E-state index in [1.54, 1.807) is 6.92 Å². The van der Waals surface area contributed by atoms with Crippen LogP contribution in [0.4, 0.5) is 0 Å². The fourth-order valence-corrected chi connectivity index (χ4v) is 3.98. The number of carbonyl (C=O) groups excluding carboxylic acids is 2. The van der Waals surface area contributed by atoms with Crippen molar-refractivity contribution >= 4 is 23.7 Å². The van der Waals surface area contributed by atoms with E-state index in [-0.39, 0.29) is 10.8 Å². The summed E-state index contributed by atoms with van der Waals surface area (Å²) in [5.41, 5.74) is -1.34. The molecule has 2 N–H and O–H groups in total. The van der Waals surface area contributed by atoms with Crippen LogP contribution >= 0.6 is 11.8 Å². The molecule has 3 rings (SSSR count). The van der Waals surface area contributed by atoms with Crippen LogP contribution in [0.1, 0.15) is 20.8 Å². The fourth-order valence-electron chi connectivity index (χ4n) is 2.77. The lowest BCUT2D eigenvalue weighted by Gasteiger charge is -2.45. The predicted molar refractivity (Wildman–Crippen MR) is 83.4 cm³/mol. The van der Waals surface area contributed by atoms with Crippen molar-refractivity contribution in [3.8, 4) is 5.88 Å². The van der Waals surface area contributed by atoms with Gasteiger partial charge in [0.1, 0.15) is 10.1 Å². The minimum Gasteiger partial charge on any atom is -0.457 e. The molecule has 0 amide bonds. The quantitative estimate of drug-likeness (QED) is 0.660. The molecule has 25 heavy (non-hydrogen) atoms. The van der Waals surface area contributed by atoms with Crippen molar-refractivity contribution in [2.75, 3.05) is 0 Å². The van der Waals surface area contributed by atoms with E-state index in [9.17, 15) is 19.2 Å². The zero-order valence-electron chi connectivity index (χ0n) is 13.6. The molecule has 0 spiro atoms. The molecule has 5 atom stereocenters. The van der Waals surface area contributed by atoms with Crippen LogP contribution in [-0.4, -0.2) is 51.8 Å². The monoisotopic (exact) mass is 372 g/mol. The number of H-pyrrole nitrogens is 2. The predicted octanol–water partition coefficient (Wildman–Crippen LogP) is -0.475. The first-order valence-corrected chi connectivity index (χ1v) is 8.34. The molecule has 3 heterocycles. The van der Waals surface area contributed by atoms with Crippen molar-refractivity contribution in [3.05, 3.63) is 20.8 Å². The SMILES string of the molecule is CC(=O)O[C@@H]1[C@@H](OC(C)=O)[C@H](C)O[C@@H]2Oc3[nH]c(=O)[nH]c(=O)c3S[C@@H]21. The molecular formula is C14H16N2O8S. The van der Waals surface area contributed by atoms with Crippen LogP contribution in [-0.2, 0) is 23.8 Å². The number of thioether (sulfide) groups is 1. The van der Waals surface area contributed by atoms with Gasteiger partial charge in [0, 0.05) is 13.8 Å². The lowest BCUT2D eigenvalue weighted by Crippen LogP contribution is -2.60. The van der Waals surface area contributed by atoms with Crippen molar-refractivity contribution in [3.63, 3.8) is 0 Å². The third kappa shape index (κ3) is 3.42. The van der Waals surface area contributed by atoms with Gasteiger partial charge in [0.15, 0.2) is 12.2 Å². The van der Waals surface area contributed by atoms with Gasteiger partial charge in [-0.05, 0) is 6.92 Å². The van der Waals surface area contributed by atoms with Gasteiger partial charge >= 0.3 is 17.6 Å². The van der Waals surface area contributed by atoms with E-state index >= 15 is 0 Å². The maximum atomic E-state index is 12.0. The molecule has 2 aliphatic rings. The molecule has 10 nitrogen and oxygen atoms in total. The second kappa shape index (κ2) is 6.56. The molecule has 11 heteroatoms. The first-order chi connectivity index (χ1) is 11.8. The Morgan fingerprint density at radius 2 is 1.72 bits per heavy atom. The molecule has 1 aromatic heterocycles. The van der Waals surface area contributed by atoms with E-state index in [4.69, 9.17) is 18.9 Å². The molecule has 0 bridgehead atoms. The summed E-state index contributed by atoms with van der Waals surface area (Å²) in [6.45, 7) is 4.11. The molecule has 136 valence electrons. The fraction of sp³-hybridized carbons (Fsp3) is 0.571. The van der Waals surface area contributed by atoms with E-state index in [1.165, 1.54) is 13.8 Å². The summed E-state index contributed by atoms with van der Waals surface area (Å²) in [5, 5.41) is -0.663. The van der Waals surface area contributed by atoms with Gasteiger partial charge in [-0.25, -0.2) is 4.79 Å². The van der Waals surface area contributed by atoms with Gasteiger partial charge in [0.2, 0.25) is 12.2 Å². The molecule has 2 aliphatic heterocycles. The Morgan fingerprint density at radius 3 is 2.36 bits per heavy atom. The second-order valence-electron chi connectivity index (χ2n) is 5.62. The first-order valence-electron chi connectivity index (χ1n) is 7.46. The van der Waals surface area contributed by atoms with Crippen molar-refractivity contribution in [1.82, 2.24) is 9.97 Å². The smallest absolute Gasteiger partial charge is 0.328 e. The van der Waals surface area contributed by atoms with Gasteiger partial charge in [-0.3, -0.25) is 24.4 Å². The number of aromatic amines is 2. The van der Waals surface area contributed by atoms with E-state index in [1.807, 2.05) is 0 Å². The third-order valence-electron chi connectivity index (χ3n) is 3.69. The number of aromatic nitrogens is 2. The lowest BCUT2D eigenvalue weighted by atomic mass is 10.0. The standard InChI is InChI=1S/C14H16N2O8S/c1-4-7(22-5(2)17)8(23-6(3)18)9-13(21-4)24-12-10(25-9)11(19)15-14(20)16-12/h4,7-9,13H,1-3H3,(H2,15,16,19,20)/t4-,7-,8+,9+,13+/m0/s1. The third-order valence-corrected chi connectivity index (χ3v) is 5.06. The van der Waals surface area contributed by atoms with Crippen molar-refractivity contribution in [1.29, 1.82) is 0 Å². The lowest BCUT2D eigenvalue weighted by molar-refractivity contribution is -0.232. The number of hydrogen-bond donors (Lipinski definition) is 2. The van der Waals surface area contributed by atoms with Crippen LogP contribution in [0.15, 0.2) is 14.5 Å². The molecule has 0 radical (unpaired) electrons. The summed E-state index contributed by atoms with van der Waals surface area (Å²) in [5.74, 6) is -1.14. The summed E-state index contributed by atoms with van der Waals surface area (Å²) in [4.78, 5) is 50.9. The van der Waals surface area contributed by atoms with Crippen LogP contribution in [0, 0.1) is 0 Å². The van der Waals surface area contributed by atoms with Crippen LogP contribution in [0.5, 0.6) is 5.88 Å². The summed E-state index contributed by atoms with van der Waals surface area (Å²) in [6, 6.07) is 0. The summed E-state index contributed by atoms with van der Waals surface area (Å²) >= 11 is 1.03. The highest BCUT2D eigenvalue weighted by atomic mass is 32.2. The van der Waals surface area contributed by atoms with Crippen molar-refractivity contribution in [2.24, 2.45) is 0 Å². The minimum absolute atomic E-state index is 0.0142. The topological polar surface area (TPSA) is 137 Å². The van der Waals surface area contributed by atoms with Gasteiger partial charge in [-0.1, -0.05) is 0 Å². The van der Waals surface area contributed by atoms with Crippen LogP contribution in [0.2, 0.25) is 0 Å². The van der Waals surface area contributed by atoms with E-state index in [0.29, 0.717) is 0 Å². The number of nitrogens with one attached hydrogen (secondary N) is 2. The van der Waals surface area contributed by atoms with Gasteiger partial charge in [0.05, 0.1) is 6.10 Å². The number of fused-ring (bicyclic) bond motifs is 2. The maximum absolute atomic E-state index is 12.0. The van der Waals surface area contributed by atoms with Gasteiger partial charge in [0.25, 0.3) is 5.56 Å². The van der Waals surface area contributed by atoms with E-state index in [2.05, 4.69) is 9.97 Å². The molecule has 0 aromatic carbocycles. The Labute approximate surface area is 145 Å². The van der Waals surface area contributed by atoms with Crippen LogP contribution < -0.4 is 16.0 Å². The number of hydrogen-bond acceptors (Lipinski definition) is 9.